The minimum atomic E-state index is -3.84. The van der Waals surface area contributed by atoms with E-state index in [1.807, 2.05) is 24.7 Å². The highest BCUT2D eigenvalue weighted by molar-refractivity contribution is 7.92. The Hall–Kier alpha value is -3.33. The molecule has 0 saturated carbocycles. The molecule has 0 atom stereocenters. The van der Waals surface area contributed by atoms with Gasteiger partial charge in [-0.1, -0.05) is 6.07 Å². The number of amides is 1. The molecule has 0 fully saturated rings. The Labute approximate surface area is 182 Å². The molecule has 31 heavy (non-hydrogen) atoms. The van der Waals surface area contributed by atoms with Crippen LogP contribution in [0.15, 0.2) is 65.8 Å². The van der Waals surface area contributed by atoms with Gasteiger partial charge in [0, 0.05) is 30.5 Å². The van der Waals surface area contributed by atoms with Gasteiger partial charge in [-0.25, -0.2) is 8.42 Å². The van der Waals surface area contributed by atoms with Crippen molar-refractivity contribution in [3.63, 3.8) is 0 Å². The van der Waals surface area contributed by atoms with Crippen molar-refractivity contribution in [3.8, 4) is 5.75 Å². The summed E-state index contributed by atoms with van der Waals surface area (Å²) >= 11 is 0. The predicted molar refractivity (Wildman–Crippen MR) is 119 cm³/mol. The number of nitrogens with zero attached hydrogens (tertiary/aromatic N) is 2. The van der Waals surface area contributed by atoms with E-state index in [0.717, 1.165) is 5.56 Å². The number of rotatable bonds is 10. The first-order valence-corrected chi connectivity index (χ1v) is 11.5. The molecule has 1 aromatic heterocycles. The summed E-state index contributed by atoms with van der Waals surface area (Å²) < 4.78 is 35.1. The van der Waals surface area contributed by atoms with Crippen molar-refractivity contribution in [1.29, 1.82) is 0 Å². The van der Waals surface area contributed by atoms with Crippen LogP contribution in [0.2, 0.25) is 0 Å². The zero-order valence-corrected chi connectivity index (χ0v) is 18.4. The van der Waals surface area contributed by atoms with Crippen LogP contribution in [0.4, 0.5) is 5.69 Å². The van der Waals surface area contributed by atoms with Crippen molar-refractivity contribution in [3.05, 3.63) is 72.1 Å². The molecule has 0 aliphatic rings. The topological polar surface area (TPSA) is 102 Å². The largest absolute Gasteiger partial charge is 0.494 e. The number of anilines is 1. The maximum Gasteiger partial charge on any atom is 0.261 e. The third-order valence-electron chi connectivity index (χ3n) is 4.44. The van der Waals surface area contributed by atoms with E-state index in [2.05, 4.69) is 15.1 Å². The van der Waals surface area contributed by atoms with E-state index in [1.54, 1.807) is 42.6 Å². The third-order valence-corrected chi connectivity index (χ3v) is 5.81. The number of hydrogen-bond donors (Lipinski definition) is 2. The van der Waals surface area contributed by atoms with Crippen LogP contribution in [0.3, 0.4) is 0 Å². The van der Waals surface area contributed by atoms with E-state index < -0.39 is 10.0 Å². The number of carbonyl (C=O) groups excluding carboxylic acids is 1. The molecule has 1 heterocycles. The first-order chi connectivity index (χ1) is 14.9. The normalized spacial score (nSPS) is 11.2. The molecule has 1 amide bonds. The van der Waals surface area contributed by atoms with Gasteiger partial charge in [-0.15, -0.1) is 0 Å². The van der Waals surface area contributed by atoms with Crippen molar-refractivity contribution in [2.45, 2.75) is 31.7 Å². The standard InChI is InChI=1S/C22H26N4O4S/c1-3-30-20-10-8-19(9-11-20)25-31(28,29)21-7-4-6-18(14-21)22(27)23-12-5-13-26-16-17(2)15-24-26/h4,6-11,14-16,25H,3,5,12-13H2,1-2H3,(H,23,27). The van der Waals surface area contributed by atoms with Crippen LogP contribution in [-0.4, -0.2) is 37.3 Å². The second-order valence-corrected chi connectivity index (χ2v) is 8.66. The number of ether oxygens (including phenoxy) is 1. The summed E-state index contributed by atoms with van der Waals surface area (Å²) in [4.78, 5) is 12.4. The Bertz CT molecular complexity index is 1120. The smallest absolute Gasteiger partial charge is 0.261 e. The Kier molecular flexibility index (Phi) is 7.30. The van der Waals surface area contributed by atoms with Crippen molar-refractivity contribution < 1.29 is 17.9 Å². The van der Waals surface area contributed by atoms with Crippen molar-refractivity contribution >= 4 is 21.6 Å². The minimum Gasteiger partial charge on any atom is -0.494 e. The van der Waals surface area contributed by atoms with Crippen LogP contribution in [0, 0.1) is 6.92 Å². The Morgan fingerprint density at radius 2 is 1.94 bits per heavy atom. The van der Waals surface area contributed by atoms with Crippen LogP contribution in [-0.2, 0) is 16.6 Å². The molecule has 0 saturated heterocycles. The molecule has 0 bridgehead atoms. The van der Waals surface area contributed by atoms with Gasteiger partial charge in [-0.05, 0) is 68.3 Å². The van der Waals surface area contributed by atoms with Crippen LogP contribution in [0.25, 0.3) is 0 Å². The average Bonchev–Trinajstić information content (AvgIpc) is 3.17. The van der Waals surface area contributed by atoms with Crippen LogP contribution < -0.4 is 14.8 Å². The number of nitrogens with one attached hydrogen (secondary N) is 2. The van der Waals surface area contributed by atoms with Crippen LogP contribution >= 0.6 is 0 Å². The predicted octanol–water partition coefficient (Wildman–Crippen LogP) is 3.21. The molecule has 2 aromatic carbocycles. The Morgan fingerprint density at radius 3 is 2.61 bits per heavy atom. The first-order valence-electron chi connectivity index (χ1n) is 10.0. The summed E-state index contributed by atoms with van der Waals surface area (Å²) in [6.07, 6.45) is 4.43. The fourth-order valence-corrected chi connectivity index (χ4v) is 4.04. The quantitative estimate of drug-likeness (QED) is 0.470. The average molecular weight is 443 g/mol. The maximum atomic E-state index is 12.7. The number of benzene rings is 2. The van der Waals surface area contributed by atoms with Crippen LogP contribution in [0.1, 0.15) is 29.3 Å². The molecule has 0 radical (unpaired) electrons. The molecule has 3 aromatic rings. The Balaban J connectivity index is 1.59. The highest BCUT2D eigenvalue weighted by atomic mass is 32.2. The summed E-state index contributed by atoms with van der Waals surface area (Å²) in [5.74, 6) is 0.335. The second kappa shape index (κ2) is 10.1. The summed E-state index contributed by atoms with van der Waals surface area (Å²) in [5.41, 5.74) is 1.78. The molecule has 0 aliphatic heterocycles. The van der Waals surface area contributed by atoms with E-state index in [4.69, 9.17) is 4.74 Å². The molecule has 3 rings (SSSR count). The van der Waals surface area contributed by atoms with Gasteiger partial charge in [0.1, 0.15) is 5.75 Å². The van der Waals surface area contributed by atoms with Crippen molar-refractivity contribution in [2.75, 3.05) is 17.9 Å². The Morgan fingerprint density at radius 1 is 1.16 bits per heavy atom. The molecule has 9 heteroatoms. The molecular formula is C22H26N4O4S. The minimum absolute atomic E-state index is 0.0149. The molecule has 0 aliphatic carbocycles. The van der Waals surface area contributed by atoms with Gasteiger partial charge >= 0.3 is 0 Å². The lowest BCUT2D eigenvalue weighted by Crippen LogP contribution is -2.25. The fourth-order valence-electron chi connectivity index (χ4n) is 2.94. The number of hydrogen-bond acceptors (Lipinski definition) is 5. The van der Waals surface area contributed by atoms with E-state index in [9.17, 15) is 13.2 Å². The first kappa shape index (κ1) is 22.4. The van der Waals surface area contributed by atoms with Crippen LogP contribution in [0.5, 0.6) is 5.75 Å². The number of aromatic nitrogens is 2. The number of sulfonamides is 1. The summed E-state index contributed by atoms with van der Waals surface area (Å²) in [7, 11) is -3.84. The van der Waals surface area contributed by atoms with Gasteiger partial charge in [-0.2, -0.15) is 5.10 Å². The zero-order chi connectivity index (χ0) is 22.3. The number of carbonyl (C=O) groups is 1. The second-order valence-electron chi connectivity index (χ2n) is 6.98. The summed E-state index contributed by atoms with van der Waals surface area (Å²) in [6.45, 7) is 5.52. The highest BCUT2D eigenvalue weighted by Gasteiger charge is 2.16. The van der Waals surface area contributed by atoms with Crippen molar-refractivity contribution in [1.82, 2.24) is 15.1 Å². The van der Waals surface area contributed by atoms with Gasteiger partial charge in [0.2, 0.25) is 0 Å². The van der Waals surface area contributed by atoms with E-state index in [0.29, 0.717) is 37.6 Å². The fraction of sp³-hybridized carbons (Fsp3) is 0.273. The number of aryl methyl sites for hydroxylation is 2. The molecular weight excluding hydrogens is 416 g/mol. The molecule has 0 unspecified atom stereocenters. The van der Waals surface area contributed by atoms with Gasteiger partial charge < -0.3 is 10.1 Å². The van der Waals surface area contributed by atoms with Gasteiger partial charge in [0.05, 0.1) is 17.7 Å². The van der Waals surface area contributed by atoms with E-state index in [1.165, 1.54) is 12.1 Å². The lowest BCUT2D eigenvalue weighted by atomic mass is 10.2. The highest BCUT2D eigenvalue weighted by Crippen LogP contribution is 2.20. The summed E-state index contributed by atoms with van der Waals surface area (Å²) in [6, 6.07) is 12.6. The van der Waals surface area contributed by atoms with Gasteiger partial charge in [0.25, 0.3) is 15.9 Å². The van der Waals surface area contributed by atoms with Gasteiger partial charge in [0.15, 0.2) is 0 Å². The molecule has 8 nitrogen and oxygen atoms in total. The van der Waals surface area contributed by atoms with Gasteiger partial charge in [-0.3, -0.25) is 14.2 Å². The summed E-state index contributed by atoms with van der Waals surface area (Å²) in [5, 5.41) is 7.01. The lowest BCUT2D eigenvalue weighted by Gasteiger charge is -2.11. The van der Waals surface area contributed by atoms with E-state index >= 15 is 0 Å². The van der Waals surface area contributed by atoms with E-state index in [-0.39, 0.29) is 16.4 Å². The lowest BCUT2D eigenvalue weighted by molar-refractivity contribution is 0.0952. The monoisotopic (exact) mass is 442 g/mol. The SMILES string of the molecule is CCOc1ccc(NS(=O)(=O)c2cccc(C(=O)NCCCn3cc(C)cn3)c2)cc1. The molecule has 0 spiro atoms. The zero-order valence-electron chi connectivity index (χ0n) is 17.5. The molecule has 2 N–H and O–H groups in total. The third kappa shape index (κ3) is 6.32. The maximum absolute atomic E-state index is 12.7. The van der Waals surface area contributed by atoms with Crippen molar-refractivity contribution in [2.24, 2.45) is 0 Å². The molecule has 164 valence electrons.